The summed E-state index contributed by atoms with van der Waals surface area (Å²) in [6, 6.07) is 8.37. The van der Waals surface area contributed by atoms with Gasteiger partial charge in [-0.2, -0.15) is 0 Å². The SMILES string of the molecule is C=C(F)C(=O)N1CCC(Nc2ccc3ncn(C(O)(O)O)c(=O)c3c2)C1.Fc1ccc(Cl)c(Cl)c1. The van der Waals surface area contributed by atoms with Crippen LogP contribution >= 0.6 is 23.2 Å². The van der Waals surface area contributed by atoms with Crippen LogP contribution in [0, 0.1) is 5.82 Å². The van der Waals surface area contributed by atoms with Crippen LogP contribution in [0.2, 0.25) is 10.0 Å². The van der Waals surface area contributed by atoms with Crippen molar-refractivity contribution in [2.24, 2.45) is 0 Å². The first-order valence-corrected chi connectivity index (χ1v) is 10.8. The van der Waals surface area contributed by atoms with Gasteiger partial charge in [0.2, 0.25) is 0 Å². The minimum atomic E-state index is -3.36. The molecule has 1 unspecified atom stereocenters. The van der Waals surface area contributed by atoms with Crippen molar-refractivity contribution in [2.45, 2.75) is 18.6 Å². The highest BCUT2D eigenvalue weighted by Crippen LogP contribution is 2.22. The summed E-state index contributed by atoms with van der Waals surface area (Å²) in [5.41, 5.74) is -0.00643. The third-order valence-electron chi connectivity index (χ3n) is 5.04. The molecule has 4 rings (SSSR count). The van der Waals surface area contributed by atoms with Crippen molar-refractivity contribution in [3.63, 3.8) is 0 Å². The van der Waals surface area contributed by atoms with E-state index in [9.17, 15) is 33.7 Å². The van der Waals surface area contributed by atoms with E-state index in [0.29, 0.717) is 29.2 Å². The van der Waals surface area contributed by atoms with Gasteiger partial charge in [-0.1, -0.05) is 29.8 Å². The third-order valence-corrected chi connectivity index (χ3v) is 5.78. The van der Waals surface area contributed by atoms with Crippen LogP contribution in [0.4, 0.5) is 14.5 Å². The Bertz CT molecular complexity index is 1330. The molecule has 0 aliphatic carbocycles. The number of hydrogen-bond acceptors (Lipinski definition) is 7. The Balaban J connectivity index is 0.000000320. The largest absolute Gasteiger partial charge is 0.380 e. The number of benzene rings is 2. The van der Waals surface area contributed by atoms with Crippen LogP contribution in [0.15, 0.2) is 59.9 Å². The van der Waals surface area contributed by atoms with E-state index in [1.54, 1.807) is 12.1 Å². The van der Waals surface area contributed by atoms with Crippen molar-refractivity contribution in [1.29, 1.82) is 0 Å². The van der Waals surface area contributed by atoms with Crippen LogP contribution in [0.3, 0.4) is 0 Å². The number of rotatable bonds is 4. The molecule has 0 spiro atoms. The van der Waals surface area contributed by atoms with Crippen molar-refractivity contribution in [3.8, 4) is 0 Å². The Labute approximate surface area is 207 Å². The average Bonchev–Trinajstić information content (AvgIpc) is 3.24. The monoisotopic (exact) mass is 528 g/mol. The predicted molar refractivity (Wildman–Crippen MR) is 126 cm³/mol. The van der Waals surface area contributed by atoms with Gasteiger partial charge in [-0.25, -0.2) is 18.3 Å². The molecule has 9 nitrogen and oxygen atoms in total. The van der Waals surface area contributed by atoms with Gasteiger partial charge in [0.05, 0.1) is 20.9 Å². The molecule has 1 aliphatic rings. The molecule has 13 heteroatoms. The van der Waals surface area contributed by atoms with E-state index in [2.05, 4.69) is 16.9 Å². The molecular formula is C22H20Cl2F2N4O5. The lowest BCUT2D eigenvalue weighted by atomic mass is 10.2. The van der Waals surface area contributed by atoms with E-state index < -0.39 is 23.4 Å². The topological polar surface area (TPSA) is 128 Å². The Hall–Kier alpha value is -3.09. The lowest BCUT2D eigenvalue weighted by Crippen LogP contribution is -2.40. The Morgan fingerprint density at radius 3 is 2.49 bits per heavy atom. The molecule has 1 aromatic heterocycles. The number of hydrogen-bond donors (Lipinski definition) is 4. The first-order chi connectivity index (χ1) is 16.4. The first-order valence-electron chi connectivity index (χ1n) is 10.1. The number of likely N-dealkylation sites (tertiary alicyclic amines) is 1. The number of carbonyl (C=O) groups is 1. The van der Waals surface area contributed by atoms with Gasteiger partial charge >= 0.3 is 6.10 Å². The molecule has 0 saturated carbocycles. The van der Waals surface area contributed by atoms with E-state index in [-0.39, 0.29) is 33.4 Å². The summed E-state index contributed by atoms with van der Waals surface area (Å²) in [5.74, 6) is -2.13. The predicted octanol–water partition coefficient (Wildman–Crippen LogP) is 2.57. The Morgan fingerprint density at radius 2 is 1.89 bits per heavy atom. The molecular weight excluding hydrogens is 509 g/mol. The van der Waals surface area contributed by atoms with Crippen LogP contribution in [0.1, 0.15) is 6.42 Å². The van der Waals surface area contributed by atoms with Crippen LogP contribution < -0.4 is 10.9 Å². The molecule has 0 radical (unpaired) electrons. The van der Waals surface area contributed by atoms with Crippen molar-refractivity contribution in [3.05, 3.63) is 81.3 Å². The van der Waals surface area contributed by atoms with Crippen LogP contribution in [0.5, 0.6) is 0 Å². The van der Waals surface area contributed by atoms with Gasteiger partial charge in [0, 0.05) is 24.8 Å². The maximum absolute atomic E-state index is 12.9. The normalized spacial score (nSPS) is 15.5. The lowest BCUT2D eigenvalue weighted by molar-refractivity contribution is -0.377. The van der Waals surface area contributed by atoms with Gasteiger partial charge in [0.15, 0.2) is 5.83 Å². The molecule has 2 heterocycles. The van der Waals surface area contributed by atoms with E-state index in [0.717, 1.165) is 6.33 Å². The molecule has 2 aromatic carbocycles. The van der Waals surface area contributed by atoms with Crippen molar-refractivity contribution in [2.75, 3.05) is 18.4 Å². The highest BCUT2D eigenvalue weighted by Gasteiger charge is 2.28. The molecule has 1 fully saturated rings. The molecule has 35 heavy (non-hydrogen) atoms. The van der Waals surface area contributed by atoms with Crippen molar-refractivity contribution in [1.82, 2.24) is 14.5 Å². The number of aromatic nitrogens is 2. The van der Waals surface area contributed by atoms with Gasteiger partial charge in [0.1, 0.15) is 12.1 Å². The maximum atomic E-state index is 12.9. The number of fused-ring (bicyclic) bond motifs is 1. The highest BCUT2D eigenvalue weighted by atomic mass is 35.5. The van der Waals surface area contributed by atoms with Gasteiger partial charge < -0.3 is 25.5 Å². The highest BCUT2D eigenvalue weighted by molar-refractivity contribution is 6.41. The van der Waals surface area contributed by atoms with E-state index >= 15 is 0 Å². The molecule has 1 aliphatic heterocycles. The minimum absolute atomic E-state index is 0.0575. The molecule has 1 saturated heterocycles. The first kappa shape index (κ1) is 26.5. The summed E-state index contributed by atoms with van der Waals surface area (Å²) in [4.78, 5) is 29.1. The maximum Gasteiger partial charge on any atom is 0.377 e. The molecule has 186 valence electrons. The van der Waals surface area contributed by atoms with Crippen LogP contribution in [0.25, 0.3) is 10.9 Å². The number of halogens is 4. The number of nitrogens with zero attached hydrogens (tertiary/aromatic N) is 3. The summed E-state index contributed by atoms with van der Waals surface area (Å²) < 4.78 is 25.4. The zero-order valence-corrected chi connectivity index (χ0v) is 19.5. The minimum Gasteiger partial charge on any atom is -0.380 e. The standard InChI is InChI=1S/C16H17FN4O5.C6H3Cl2F/c1-9(17)14(22)20-5-4-11(7-20)19-10-2-3-13-12(6-10)15(23)21(8-18-13)16(24,25)26;7-5-2-1-4(9)3-6(5)8/h2-3,6,8,11,19,24-26H,1,4-5,7H2;1-3H. The Morgan fingerprint density at radius 1 is 1.17 bits per heavy atom. The third kappa shape index (κ3) is 6.53. The second-order valence-corrected chi connectivity index (χ2v) is 8.41. The zero-order valence-electron chi connectivity index (χ0n) is 18.0. The fourth-order valence-corrected chi connectivity index (χ4v) is 3.65. The van der Waals surface area contributed by atoms with E-state index in [1.165, 1.54) is 29.2 Å². The summed E-state index contributed by atoms with van der Waals surface area (Å²) in [7, 11) is 0. The van der Waals surface area contributed by atoms with Gasteiger partial charge in [0.25, 0.3) is 11.5 Å². The fraction of sp³-hybridized carbons (Fsp3) is 0.227. The number of anilines is 1. The average molecular weight is 529 g/mol. The Kier molecular flexibility index (Phi) is 8.08. The number of carbonyl (C=O) groups excluding carboxylic acids is 1. The van der Waals surface area contributed by atoms with Crippen molar-refractivity contribution >= 4 is 45.7 Å². The number of aliphatic hydroxyl groups is 3. The zero-order chi connectivity index (χ0) is 25.9. The number of amides is 1. The summed E-state index contributed by atoms with van der Waals surface area (Å²) in [5, 5.41) is 31.4. The second kappa shape index (κ2) is 10.7. The second-order valence-electron chi connectivity index (χ2n) is 7.60. The molecule has 1 atom stereocenters. The molecule has 4 N–H and O–H groups in total. The molecule has 1 amide bonds. The van der Waals surface area contributed by atoms with Gasteiger partial charge in [-0.15, -0.1) is 0 Å². The summed E-state index contributed by atoms with van der Waals surface area (Å²) >= 11 is 10.9. The van der Waals surface area contributed by atoms with E-state index in [1.807, 2.05) is 0 Å². The van der Waals surface area contributed by atoms with Crippen LogP contribution in [-0.4, -0.2) is 54.8 Å². The van der Waals surface area contributed by atoms with E-state index in [4.69, 9.17) is 23.2 Å². The smallest absolute Gasteiger partial charge is 0.377 e. The lowest BCUT2D eigenvalue weighted by Gasteiger charge is -2.18. The molecule has 0 bridgehead atoms. The van der Waals surface area contributed by atoms with Crippen molar-refractivity contribution < 1.29 is 28.9 Å². The fourth-order valence-electron chi connectivity index (χ4n) is 3.37. The van der Waals surface area contributed by atoms with Gasteiger partial charge in [-0.05, 0) is 42.8 Å². The summed E-state index contributed by atoms with van der Waals surface area (Å²) in [6.45, 7) is 3.66. The number of nitrogens with one attached hydrogen (secondary N) is 1. The van der Waals surface area contributed by atoms with Crippen LogP contribution in [-0.2, 0) is 10.9 Å². The molecule has 3 aromatic rings. The van der Waals surface area contributed by atoms with Gasteiger partial charge in [-0.3, -0.25) is 9.59 Å². The summed E-state index contributed by atoms with van der Waals surface area (Å²) in [6.07, 6.45) is -1.95. The quantitative estimate of drug-likeness (QED) is 0.233.